The summed E-state index contributed by atoms with van der Waals surface area (Å²) in [5, 5.41) is 22.2. The third-order valence-corrected chi connectivity index (χ3v) is 14.6. The quantitative estimate of drug-likeness (QED) is 0.122. The van der Waals surface area contributed by atoms with E-state index in [-0.39, 0.29) is 32.4 Å². The Morgan fingerprint density at radius 1 is 0.357 bits per heavy atom. The van der Waals surface area contributed by atoms with E-state index in [0.29, 0.717) is 0 Å². The molecule has 9 aromatic carbocycles. The molecule has 0 aliphatic heterocycles. The third-order valence-electron chi connectivity index (χ3n) is 9.62. The second kappa shape index (κ2) is 18.4. The van der Waals surface area contributed by atoms with Gasteiger partial charge in [0.15, 0.2) is 0 Å². The number of aromatic hydroxyl groups is 1. The average molecular weight is 939 g/mol. The molecule has 0 saturated heterocycles. The van der Waals surface area contributed by atoms with Crippen molar-refractivity contribution in [1.82, 2.24) is 0 Å². The fraction of sp³-hybridized carbons (Fsp3) is 0. The third kappa shape index (κ3) is 8.21. The van der Waals surface area contributed by atoms with Crippen LogP contribution in [0.4, 0.5) is 0 Å². The first kappa shape index (κ1) is 38.8. The van der Waals surface area contributed by atoms with E-state index in [0.717, 1.165) is 0 Å². The number of phenols is 1. The Hall–Kier alpha value is -5.48. The molecule has 0 saturated carbocycles. The molecule has 0 heterocycles. The summed E-state index contributed by atoms with van der Waals surface area (Å²) in [6.45, 7) is 0. The number of hydrogen-bond acceptors (Lipinski definition) is 2. The van der Waals surface area contributed by atoms with Gasteiger partial charge in [-0.1, -0.05) is 206 Å². The van der Waals surface area contributed by atoms with Crippen LogP contribution in [0.15, 0.2) is 218 Å². The van der Waals surface area contributed by atoms with Crippen LogP contribution in [-0.4, -0.2) is 11.4 Å². The predicted molar refractivity (Wildman–Crippen MR) is 237 cm³/mol. The van der Waals surface area contributed by atoms with Gasteiger partial charge in [-0.05, 0) is 80.3 Å². The van der Waals surface area contributed by atoms with Crippen LogP contribution >= 0.6 is 15.8 Å². The molecule has 2 nitrogen and oxygen atoms in total. The van der Waals surface area contributed by atoms with Gasteiger partial charge < -0.3 is 9.90 Å². The normalized spacial score (nSPS) is 10.8. The molecule has 0 fully saturated rings. The maximum Gasteiger partial charge on any atom is 0.0662 e. The molecule has 0 aromatic heterocycles. The molecular weight excluding hydrogens is 902 g/mol. The van der Waals surface area contributed by atoms with Crippen molar-refractivity contribution in [2.75, 3.05) is 0 Å². The van der Waals surface area contributed by atoms with E-state index < -0.39 is 15.8 Å². The molecule has 0 unspecified atom stereocenters. The molecule has 9 rings (SSSR count). The first-order chi connectivity index (χ1) is 27.2. The molecule has 0 atom stereocenters. The minimum Gasteiger partial charge on any atom is -0.565 e. The minimum atomic E-state index is -0.852. The van der Waals surface area contributed by atoms with Crippen LogP contribution in [0.3, 0.4) is 0 Å². The van der Waals surface area contributed by atoms with Crippen LogP contribution in [-0.2, 0) is 25.9 Å². The van der Waals surface area contributed by atoms with Gasteiger partial charge in [0.25, 0.3) is 0 Å². The van der Waals surface area contributed by atoms with Crippen molar-refractivity contribution >= 4 is 75.5 Å². The van der Waals surface area contributed by atoms with Crippen molar-refractivity contribution in [1.29, 1.82) is 0 Å². The van der Waals surface area contributed by atoms with Crippen molar-refractivity contribution in [3.8, 4) is 16.9 Å². The van der Waals surface area contributed by atoms with Crippen LogP contribution in [0, 0.1) is 0 Å². The van der Waals surface area contributed by atoms with E-state index in [2.05, 4.69) is 194 Å². The minimum absolute atomic E-state index is 0. The Morgan fingerprint density at radius 3 is 1.02 bits per heavy atom. The monoisotopic (exact) mass is 938 g/mol. The van der Waals surface area contributed by atoms with Gasteiger partial charge in [-0.25, -0.2) is 0 Å². The molecule has 0 aliphatic rings. The number of benzene rings is 9. The molecule has 0 aliphatic carbocycles. The molecule has 0 spiro atoms. The number of phenolic OH excluding ortho intramolecular Hbond substituents is 1. The zero-order valence-electron chi connectivity index (χ0n) is 30.4. The number of rotatable bonds is 8. The maximum absolute atomic E-state index is 9.94. The Balaban J connectivity index is 0.000000426. The van der Waals surface area contributed by atoms with Crippen LogP contribution in [0.5, 0.6) is 5.75 Å². The second-order valence-electron chi connectivity index (χ2n) is 13.0. The van der Waals surface area contributed by atoms with Crippen LogP contribution in [0.2, 0.25) is 0 Å². The Labute approximate surface area is 345 Å². The zero-order chi connectivity index (χ0) is 37.4. The van der Waals surface area contributed by atoms with Crippen molar-refractivity contribution in [3.05, 3.63) is 224 Å². The molecule has 274 valence electrons. The van der Waals surface area contributed by atoms with E-state index in [1.807, 2.05) is 0 Å². The van der Waals surface area contributed by atoms with Crippen LogP contribution in [0.1, 0.15) is 5.56 Å². The van der Waals surface area contributed by atoms with Gasteiger partial charge in [-0.2, -0.15) is 6.07 Å². The van der Waals surface area contributed by atoms with E-state index in [9.17, 15) is 4.79 Å². The van der Waals surface area contributed by atoms with E-state index in [4.69, 9.17) is 5.11 Å². The largest absolute Gasteiger partial charge is 0.565 e. The predicted octanol–water partition coefficient (Wildman–Crippen LogP) is 10.0. The zero-order valence-corrected chi connectivity index (χ0v) is 34.4. The summed E-state index contributed by atoms with van der Waals surface area (Å²) in [5.74, 6) is -0.0208. The molecule has 5 heteroatoms. The molecule has 0 bridgehead atoms. The van der Waals surface area contributed by atoms with Gasteiger partial charge >= 0.3 is 0 Å². The molecule has 56 heavy (non-hydrogen) atoms. The average Bonchev–Trinajstić information content (AvgIpc) is 3.26. The number of hydrogen-bond donors (Lipinski definition) is 1. The number of carbonyl (C=O) groups excluding carboxylic acids is 1. The summed E-state index contributed by atoms with van der Waals surface area (Å²) in [6, 6.07) is 78.1. The van der Waals surface area contributed by atoms with Gasteiger partial charge in [-0.3, -0.25) is 0 Å². The first-order valence-corrected chi connectivity index (χ1v) is 20.9. The van der Waals surface area contributed by atoms with E-state index in [1.54, 1.807) is 18.4 Å². The number of fused-ring (bicyclic) bond motifs is 2. The molecule has 0 radical (unpaired) electrons. The topological polar surface area (TPSA) is 37.3 Å². The molecule has 0 amide bonds. The summed E-state index contributed by atoms with van der Waals surface area (Å²) in [5.41, 5.74) is 2.91. The van der Waals surface area contributed by atoms with Gasteiger partial charge in [0, 0.05) is 26.8 Å². The molecule has 1 N–H and O–H groups in total. The second-order valence-corrected chi connectivity index (χ2v) is 17.4. The van der Waals surface area contributed by atoms with E-state index in [1.165, 1.54) is 76.6 Å². The fourth-order valence-corrected chi connectivity index (χ4v) is 12.1. The smallest absolute Gasteiger partial charge is 0.0662 e. The van der Waals surface area contributed by atoms with Crippen molar-refractivity contribution < 1.29 is 31.0 Å². The summed E-state index contributed by atoms with van der Waals surface area (Å²) < 4.78 is 0. The van der Waals surface area contributed by atoms with Gasteiger partial charge in [-0.15, -0.1) is 11.6 Å². The first-order valence-electron chi connectivity index (χ1n) is 18.2. The van der Waals surface area contributed by atoms with Gasteiger partial charge in [0.2, 0.25) is 0 Å². The maximum atomic E-state index is 9.94. The summed E-state index contributed by atoms with van der Waals surface area (Å²) >= 11 is 0. The van der Waals surface area contributed by atoms with Crippen molar-refractivity contribution in [3.63, 3.8) is 0 Å². The van der Waals surface area contributed by atoms with Gasteiger partial charge in [0.1, 0.15) is 0 Å². The fourth-order valence-electron chi connectivity index (χ4n) is 7.14. The van der Waals surface area contributed by atoms with E-state index >= 15 is 0 Å². The van der Waals surface area contributed by atoms with Crippen LogP contribution in [0.25, 0.3) is 32.7 Å². The summed E-state index contributed by atoms with van der Waals surface area (Å²) in [4.78, 5) is 9.94. The van der Waals surface area contributed by atoms with Gasteiger partial charge in [0.05, 0.1) is 6.29 Å². The Morgan fingerprint density at radius 2 is 0.679 bits per heavy atom. The van der Waals surface area contributed by atoms with Crippen molar-refractivity contribution in [2.24, 2.45) is 0 Å². The Bertz CT molecular complexity index is 2450. The van der Waals surface area contributed by atoms with Crippen molar-refractivity contribution in [2.45, 2.75) is 0 Å². The number of para-hydroxylation sites is 1. The molecular formula is C51H37O2P2Pt-. The van der Waals surface area contributed by atoms with Crippen LogP contribution < -0.4 is 31.8 Å². The summed E-state index contributed by atoms with van der Waals surface area (Å²) in [7, 11) is -1.70. The standard InChI is InChI=1S/C44H32P2.C7H5O2.Pt/c1-5-19-35(20-6-1)45(36-21-7-2-8-22-36)41-31-29-33-17-13-15-27-39(33)43(41)44-40-28-16-14-18-34(40)30-32-42(44)46(37-23-9-3-10-24-37)38-25-11-4-12-26-38;8-5-6-3-1-2-4-7(6)9;/h1-32H;1-4,9H;/q;-1;. The SMILES string of the molecule is O=[C-]c1ccccc1O.[Pt].c1ccc(P(c2ccccc2)c2ccc3ccccc3c2-c2c(P(c3ccccc3)c3ccccc3)ccc3ccccc23)cc1. The Kier molecular flexibility index (Phi) is 12.8. The summed E-state index contributed by atoms with van der Waals surface area (Å²) in [6.07, 6.45) is 1.60. The molecule has 9 aromatic rings.